The molecule has 1 aliphatic carbocycles. The van der Waals surface area contributed by atoms with Gasteiger partial charge in [0.25, 0.3) is 5.91 Å². The summed E-state index contributed by atoms with van der Waals surface area (Å²) in [7, 11) is 0. The van der Waals surface area contributed by atoms with E-state index >= 15 is 0 Å². The van der Waals surface area contributed by atoms with Gasteiger partial charge in [-0.1, -0.05) is 44.9 Å². The number of carbonyl (C=O) groups excluding carboxylic acids is 1. The molecule has 1 aromatic carbocycles. The Morgan fingerprint density at radius 2 is 2.16 bits per heavy atom. The van der Waals surface area contributed by atoms with Crippen LogP contribution in [0.25, 0.3) is 5.69 Å². The van der Waals surface area contributed by atoms with Gasteiger partial charge in [-0.3, -0.25) is 4.79 Å². The summed E-state index contributed by atoms with van der Waals surface area (Å²) in [5, 5.41) is 8.60. The van der Waals surface area contributed by atoms with Gasteiger partial charge in [0.2, 0.25) is 0 Å². The van der Waals surface area contributed by atoms with Crippen molar-refractivity contribution in [1.82, 2.24) is 15.1 Å². The van der Waals surface area contributed by atoms with Crippen LogP contribution in [0.3, 0.4) is 0 Å². The first-order valence-corrected chi connectivity index (χ1v) is 9.55. The second-order valence-corrected chi connectivity index (χ2v) is 7.66. The summed E-state index contributed by atoms with van der Waals surface area (Å²) in [6, 6.07) is 7.67. The van der Waals surface area contributed by atoms with Crippen LogP contribution in [0.15, 0.2) is 24.3 Å². The van der Waals surface area contributed by atoms with Gasteiger partial charge in [0, 0.05) is 17.5 Å². The van der Waals surface area contributed by atoms with Crippen LogP contribution < -0.4 is 5.32 Å². The maximum absolute atomic E-state index is 12.9. The lowest BCUT2D eigenvalue weighted by Crippen LogP contribution is -2.28. The monoisotopic (exact) mass is 359 g/mol. The van der Waals surface area contributed by atoms with Gasteiger partial charge in [-0.15, -0.1) is 0 Å². The van der Waals surface area contributed by atoms with Gasteiger partial charge in [-0.05, 0) is 43.4 Å². The molecule has 1 aromatic heterocycles. The molecule has 0 aliphatic heterocycles. The van der Waals surface area contributed by atoms with Crippen molar-refractivity contribution in [3.8, 4) is 5.69 Å². The van der Waals surface area contributed by atoms with Gasteiger partial charge >= 0.3 is 0 Å². The Morgan fingerprint density at radius 1 is 1.40 bits per heavy atom. The highest BCUT2D eigenvalue weighted by Crippen LogP contribution is 2.42. The molecule has 2 aromatic rings. The van der Waals surface area contributed by atoms with Crippen LogP contribution in [0.1, 0.15) is 67.7 Å². The molecule has 3 rings (SSSR count). The fraction of sp³-hybridized carbons (Fsp3) is 0.500. The summed E-state index contributed by atoms with van der Waals surface area (Å²) in [5.74, 6) is 0.842. The maximum atomic E-state index is 12.9. The van der Waals surface area contributed by atoms with Crippen LogP contribution in [0.2, 0.25) is 5.02 Å². The molecule has 1 amide bonds. The predicted molar refractivity (Wildman–Crippen MR) is 102 cm³/mol. The van der Waals surface area contributed by atoms with E-state index in [0.29, 0.717) is 23.4 Å². The molecule has 1 heterocycles. The third kappa shape index (κ3) is 4.06. The molecule has 5 heteroatoms. The predicted octanol–water partition coefficient (Wildman–Crippen LogP) is 4.74. The first-order chi connectivity index (χ1) is 12.0. The molecule has 1 aliphatic rings. The number of nitrogens with one attached hydrogen (secondary N) is 1. The van der Waals surface area contributed by atoms with Crippen LogP contribution in [0.5, 0.6) is 0 Å². The summed E-state index contributed by atoms with van der Waals surface area (Å²) in [6.07, 6.45) is 4.00. The standard InChI is InChI=1S/C20H26ClN3O/c1-4-6-17-18(20(25)22-12-13(2)3)19(14-9-10-14)23-24(17)16-8-5-7-15(21)11-16/h5,7-8,11,13-14H,4,6,9-10,12H2,1-3H3,(H,22,25). The van der Waals surface area contributed by atoms with Crippen molar-refractivity contribution in [3.05, 3.63) is 46.2 Å². The molecule has 0 spiro atoms. The summed E-state index contributed by atoms with van der Waals surface area (Å²) < 4.78 is 1.92. The number of hydrogen-bond acceptors (Lipinski definition) is 2. The Kier molecular flexibility index (Phi) is 5.48. The van der Waals surface area contributed by atoms with Crippen molar-refractivity contribution in [2.75, 3.05) is 6.54 Å². The third-order valence-corrected chi connectivity index (χ3v) is 4.64. The van der Waals surface area contributed by atoms with Crippen LogP contribution in [-0.4, -0.2) is 22.2 Å². The molecule has 1 fully saturated rings. The van der Waals surface area contributed by atoms with Gasteiger partial charge in [-0.25, -0.2) is 4.68 Å². The number of carbonyl (C=O) groups is 1. The zero-order valence-electron chi connectivity index (χ0n) is 15.2. The van der Waals surface area contributed by atoms with Gasteiger partial charge < -0.3 is 5.32 Å². The van der Waals surface area contributed by atoms with Crippen LogP contribution in [0.4, 0.5) is 0 Å². The molecule has 0 bridgehead atoms. The molecule has 0 saturated heterocycles. The van der Waals surface area contributed by atoms with Crippen molar-refractivity contribution in [2.45, 2.75) is 52.4 Å². The zero-order chi connectivity index (χ0) is 18.0. The minimum Gasteiger partial charge on any atom is -0.352 e. The van der Waals surface area contributed by atoms with Crippen LogP contribution in [-0.2, 0) is 6.42 Å². The van der Waals surface area contributed by atoms with E-state index in [1.165, 1.54) is 0 Å². The smallest absolute Gasteiger partial charge is 0.255 e. The van der Waals surface area contributed by atoms with E-state index < -0.39 is 0 Å². The molecular weight excluding hydrogens is 334 g/mol. The molecular formula is C20H26ClN3O. The van der Waals surface area contributed by atoms with Crippen molar-refractivity contribution in [3.63, 3.8) is 0 Å². The van der Waals surface area contributed by atoms with Crippen LogP contribution in [0, 0.1) is 5.92 Å². The Hall–Kier alpha value is -1.81. The summed E-state index contributed by atoms with van der Waals surface area (Å²) in [5.41, 5.74) is 3.64. The van der Waals surface area contributed by atoms with E-state index in [2.05, 4.69) is 26.1 Å². The van der Waals surface area contributed by atoms with E-state index in [1.54, 1.807) is 0 Å². The topological polar surface area (TPSA) is 46.9 Å². The maximum Gasteiger partial charge on any atom is 0.255 e. The number of amides is 1. The lowest BCUT2D eigenvalue weighted by Gasteiger charge is -2.11. The fourth-order valence-corrected chi connectivity index (χ4v) is 3.22. The van der Waals surface area contributed by atoms with Crippen molar-refractivity contribution in [2.24, 2.45) is 5.92 Å². The average Bonchev–Trinajstić information content (AvgIpc) is 3.35. The minimum absolute atomic E-state index is 0.00679. The molecule has 0 atom stereocenters. The fourth-order valence-electron chi connectivity index (χ4n) is 3.04. The average molecular weight is 360 g/mol. The normalized spacial score (nSPS) is 14.1. The number of rotatable bonds is 7. The number of hydrogen-bond donors (Lipinski definition) is 1. The first kappa shape index (κ1) is 18.0. The highest BCUT2D eigenvalue weighted by Gasteiger charge is 2.34. The molecule has 0 radical (unpaired) electrons. The van der Waals surface area contributed by atoms with Crippen molar-refractivity contribution < 1.29 is 4.79 Å². The number of aromatic nitrogens is 2. The zero-order valence-corrected chi connectivity index (χ0v) is 15.9. The van der Waals surface area contributed by atoms with E-state index in [4.69, 9.17) is 16.7 Å². The Bertz CT molecular complexity index is 762. The lowest BCUT2D eigenvalue weighted by atomic mass is 10.1. The second kappa shape index (κ2) is 7.61. The second-order valence-electron chi connectivity index (χ2n) is 7.23. The number of benzene rings is 1. The quantitative estimate of drug-likeness (QED) is 0.776. The molecule has 25 heavy (non-hydrogen) atoms. The summed E-state index contributed by atoms with van der Waals surface area (Å²) in [6.45, 7) is 7.01. The number of halogens is 1. The van der Waals surface area contributed by atoms with Crippen molar-refractivity contribution in [1.29, 1.82) is 0 Å². The molecule has 1 N–H and O–H groups in total. The van der Waals surface area contributed by atoms with Gasteiger partial charge in [0.05, 0.1) is 22.6 Å². The minimum atomic E-state index is 0.00679. The Morgan fingerprint density at radius 3 is 2.76 bits per heavy atom. The van der Waals surface area contributed by atoms with E-state index in [-0.39, 0.29) is 5.91 Å². The Labute approximate surface area is 154 Å². The summed E-state index contributed by atoms with van der Waals surface area (Å²) in [4.78, 5) is 12.9. The molecule has 4 nitrogen and oxygen atoms in total. The van der Waals surface area contributed by atoms with E-state index in [9.17, 15) is 4.79 Å². The molecule has 1 saturated carbocycles. The first-order valence-electron chi connectivity index (χ1n) is 9.17. The lowest BCUT2D eigenvalue weighted by molar-refractivity contribution is 0.0947. The van der Waals surface area contributed by atoms with Gasteiger partial charge in [0.1, 0.15) is 0 Å². The van der Waals surface area contributed by atoms with Crippen molar-refractivity contribution >= 4 is 17.5 Å². The third-order valence-electron chi connectivity index (χ3n) is 4.41. The SMILES string of the molecule is CCCc1c(C(=O)NCC(C)C)c(C2CC2)nn1-c1cccc(Cl)c1. The Balaban J connectivity index is 2.07. The van der Waals surface area contributed by atoms with E-state index in [0.717, 1.165) is 48.3 Å². The van der Waals surface area contributed by atoms with Gasteiger partial charge in [-0.2, -0.15) is 5.10 Å². The highest BCUT2D eigenvalue weighted by atomic mass is 35.5. The number of nitrogens with zero attached hydrogens (tertiary/aromatic N) is 2. The van der Waals surface area contributed by atoms with Gasteiger partial charge in [0.15, 0.2) is 0 Å². The highest BCUT2D eigenvalue weighted by molar-refractivity contribution is 6.30. The molecule has 134 valence electrons. The van der Waals surface area contributed by atoms with Crippen LogP contribution >= 0.6 is 11.6 Å². The summed E-state index contributed by atoms with van der Waals surface area (Å²) >= 11 is 6.17. The largest absolute Gasteiger partial charge is 0.352 e. The van der Waals surface area contributed by atoms with E-state index in [1.807, 2.05) is 28.9 Å². The molecule has 0 unspecified atom stereocenters.